The highest BCUT2D eigenvalue weighted by atomic mass is 14.7. The van der Waals surface area contributed by atoms with Crippen LogP contribution in [0.25, 0.3) is 55.9 Å². The third-order valence-electron chi connectivity index (χ3n) is 10.9. The second kappa shape index (κ2) is 15.8. The van der Waals surface area contributed by atoms with Gasteiger partial charge >= 0.3 is 0 Å². The predicted molar refractivity (Wildman–Crippen MR) is 228 cm³/mol. The van der Waals surface area contributed by atoms with Crippen LogP contribution in [0.2, 0.25) is 0 Å². The number of pyridine rings is 2. The summed E-state index contributed by atoms with van der Waals surface area (Å²) in [5.41, 5.74) is 15.5. The Hall–Kier alpha value is -5.60. The molecule has 2 aromatic heterocycles. The van der Waals surface area contributed by atoms with Gasteiger partial charge in [0.1, 0.15) is 0 Å². The van der Waals surface area contributed by atoms with Gasteiger partial charge in [-0.05, 0) is 125 Å². The molecule has 8 rings (SSSR count). The monoisotopic (exact) mass is 707 g/mol. The molecule has 0 bridgehead atoms. The Morgan fingerprint density at radius 2 is 1.22 bits per heavy atom. The molecule has 7 aromatic rings. The number of aromatic nitrogens is 2. The van der Waals surface area contributed by atoms with Crippen LogP contribution in [-0.2, 0) is 12.8 Å². The summed E-state index contributed by atoms with van der Waals surface area (Å²) in [6.45, 7) is 3.60. The van der Waals surface area contributed by atoms with Crippen LogP contribution in [0, 0.1) is 13.8 Å². The summed E-state index contributed by atoms with van der Waals surface area (Å²) in [6, 6.07) is 46.2. The number of aryl methyl sites for hydroxylation is 4. The highest BCUT2D eigenvalue weighted by Crippen LogP contribution is 2.37. The fraction of sp³-hybridized carbons (Fsp3) is 0.231. The van der Waals surface area contributed by atoms with Crippen molar-refractivity contribution in [3.05, 3.63) is 179 Å². The van der Waals surface area contributed by atoms with Gasteiger partial charge in [0.15, 0.2) is 0 Å². The Kier molecular flexibility index (Phi) is 8.71. The van der Waals surface area contributed by atoms with Gasteiger partial charge in [0.05, 0.1) is 11.4 Å². The Balaban J connectivity index is 1.01. The van der Waals surface area contributed by atoms with Crippen LogP contribution in [-0.4, -0.2) is 9.97 Å². The van der Waals surface area contributed by atoms with E-state index in [0.29, 0.717) is 11.3 Å². The quantitative estimate of drug-likeness (QED) is 0.141. The maximum atomic E-state index is 8.93. The van der Waals surface area contributed by atoms with Gasteiger partial charge in [0.2, 0.25) is 0 Å². The molecule has 1 aliphatic carbocycles. The van der Waals surface area contributed by atoms with Crippen LogP contribution in [0.4, 0.5) is 0 Å². The third kappa shape index (κ3) is 7.85. The van der Waals surface area contributed by atoms with E-state index in [2.05, 4.69) is 108 Å². The summed E-state index contributed by atoms with van der Waals surface area (Å²) in [6.07, 6.45) is 9.01. The Morgan fingerprint density at radius 3 is 1.91 bits per heavy atom. The molecule has 0 N–H and O–H groups in total. The first kappa shape index (κ1) is 29.8. The van der Waals surface area contributed by atoms with Crippen LogP contribution in [0.3, 0.4) is 0 Å². The fourth-order valence-electron chi connectivity index (χ4n) is 7.79. The van der Waals surface area contributed by atoms with Gasteiger partial charge in [0, 0.05) is 30.4 Å². The first-order valence-electron chi connectivity index (χ1n) is 21.7. The first-order valence-corrected chi connectivity index (χ1v) is 19.2. The molecule has 1 saturated carbocycles. The summed E-state index contributed by atoms with van der Waals surface area (Å²) in [7, 11) is 0. The Morgan fingerprint density at radius 1 is 0.611 bits per heavy atom. The zero-order valence-electron chi connectivity index (χ0n) is 36.5. The van der Waals surface area contributed by atoms with Gasteiger partial charge in [0.25, 0.3) is 0 Å². The maximum Gasteiger partial charge on any atom is 0.0708 e. The second-order valence-electron chi connectivity index (χ2n) is 15.0. The lowest BCUT2D eigenvalue weighted by molar-refractivity contribution is 0.723. The van der Waals surface area contributed by atoms with Gasteiger partial charge in [-0.3, -0.25) is 9.97 Å². The van der Waals surface area contributed by atoms with E-state index in [1.807, 2.05) is 62.5 Å². The van der Waals surface area contributed by atoms with Gasteiger partial charge in [-0.15, -0.1) is 0 Å². The van der Waals surface area contributed by atoms with E-state index in [1.54, 1.807) is 0 Å². The summed E-state index contributed by atoms with van der Waals surface area (Å²) in [5.74, 6) is -1.22. The van der Waals surface area contributed by atoms with E-state index in [9.17, 15) is 0 Å². The maximum absolute atomic E-state index is 8.93. The minimum Gasteiger partial charge on any atom is -0.256 e. The molecule has 268 valence electrons. The molecular formula is C52H50N2. The normalized spacial score (nSPS) is 15.5. The van der Waals surface area contributed by atoms with Crippen molar-refractivity contribution in [3.63, 3.8) is 0 Å². The number of hydrogen-bond donors (Lipinski definition) is 0. The molecule has 5 aromatic carbocycles. The van der Waals surface area contributed by atoms with Gasteiger partial charge in [-0.25, -0.2) is 0 Å². The molecule has 0 atom stereocenters. The van der Waals surface area contributed by atoms with Crippen LogP contribution >= 0.6 is 0 Å². The molecule has 2 heteroatoms. The van der Waals surface area contributed by atoms with Crippen LogP contribution in [0.1, 0.15) is 91.6 Å². The van der Waals surface area contributed by atoms with Crippen LogP contribution in [0.15, 0.2) is 146 Å². The summed E-state index contributed by atoms with van der Waals surface area (Å²) >= 11 is 0. The van der Waals surface area contributed by atoms with Crippen molar-refractivity contribution in [3.8, 4) is 55.9 Å². The van der Waals surface area contributed by atoms with Crippen molar-refractivity contribution in [1.82, 2.24) is 9.97 Å². The molecule has 0 amide bonds. The lowest BCUT2D eigenvalue weighted by Crippen LogP contribution is -1.95. The Labute approximate surface area is 329 Å². The first-order chi connectivity index (χ1) is 28.2. The number of benzene rings is 5. The van der Waals surface area contributed by atoms with Crippen molar-refractivity contribution < 1.29 is 6.85 Å². The smallest absolute Gasteiger partial charge is 0.0708 e. The Bertz CT molecular complexity index is 2560. The average Bonchev–Trinajstić information content (AvgIpc) is 3.69. The number of hydrogen-bond acceptors (Lipinski definition) is 2. The topological polar surface area (TPSA) is 25.8 Å². The van der Waals surface area contributed by atoms with Gasteiger partial charge in [-0.2, -0.15) is 0 Å². The van der Waals surface area contributed by atoms with E-state index < -0.39 is 18.6 Å². The molecule has 0 aliphatic heterocycles. The summed E-state index contributed by atoms with van der Waals surface area (Å²) < 4.78 is 42.0. The lowest BCUT2D eigenvalue weighted by Gasteiger charge is -2.14. The molecule has 0 unspecified atom stereocenters. The zero-order chi connectivity index (χ0) is 41.4. The molecular weight excluding hydrogens is 653 g/mol. The van der Waals surface area contributed by atoms with Crippen molar-refractivity contribution in [2.45, 2.75) is 77.9 Å². The van der Waals surface area contributed by atoms with E-state index in [4.69, 9.17) is 6.85 Å². The van der Waals surface area contributed by atoms with Gasteiger partial charge < -0.3 is 0 Å². The molecule has 0 radical (unpaired) electrons. The number of rotatable bonds is 10. The van der Waals surface area contributed by atoms with Crippen molar-refractivity contribution in [2.75, 3.05) is 0 Å². The van der Waals surface area contributed by atoms with Crippen molar-refractivity contribution in [2.24, 2.45) is 0 Å². The highest BCUT2D eigenvalue weighted by Gasteiger charge is 2.17. The van der Waals surface area contributed by atoms with Crippen LogP contribution < -0.4 is 0 Å². The standard InChI is InChI=1S/C52H50N2/c1-35(2)46-27-28-51(54-34-46)44-17-15-38(16-18-44)13-14-39-29-36(3)30-47(31-39)49-12-8-7-11-48(49)42-23-25-45(26-24-42)52-32-50(37(4)33-53-52)43-21-19-41(20-22-43)40-9-5-6-10-40/h7-8,11-12,15-35,40H,5-6,9-10,13-14H2,1-4H3/i4D3,35D,40D. The van der Waals surface area contributed by atoms with E-state index in [0.717, 1.165) is 83.2 Å². The second-order valence-corrected chi connectivity index (χ2v) is 15.0. The summed E-state index contributed by atoms with van der Waals surface area (Å²) in [5, 5.41) is 0. The molecule has 54 heavy (non-hydrogen) atoms. The highest BCUT2D eigenvalue weighted by molar-refractivity contribution is 5.85. The molecule has 2 heterocycles. The van der Waals surface area contributed by atoms with Crippen LogP contribution in [0.5, 0.6) is 0 Å². The third-order valence-corrected chi connectivity index (χ3v) is 10.9. The molecule has 2 nitrogen and oxygen atoms in total. The minimum atomic E-state index is -2.32. The van der Waals surface area contributed by atoms with Gasteiger partial charge in [-0.1, -0.05) is 154 Å². The molecule has 1 fully saturated rings. The fourth-order valence-corrected chi connectivity index (χ4v) is 7.79. The number of nitrogens with zero attached hydrogens (tertiary/aromatic N) is 2. The zero-order valence-corrected chi connectivity index (χ0v) is 31.5. The largest absolute Gasteiger partial charge is 0.256 e. The van der Waals surface area contributed by atoms with E-state index >= 15 is 0 Å². The molecule has 1 aliphatic rings. The van der Waals surface area contributed by atoms with Crippen molar-refractivity contribution in [1.29, 1.82) is 0 Å². The van der Waals surface area contributed by atoms with Crippen molar-refractivity contribution >= 4 is 0 Å². The SMILES string of the molecule is [2H]C([2H])([2H])c1cnc(-c2ccc(-c3ccccc3-c3cc(C)cc(CCc4ccc(-c5ccc(C([2H])(C)C)cn5)cc4)c3)cc2)cc1-c1ccc(C2([2H])CCCC2)cc1. The molecule has 0 saturated heterocycles. The summed E-state index contributed by atoms with van der Waals surface area (Å²) in [4.78, 5) is 9.28. The minimum absolute atomic E-state index is 0.224. The predicted octanol–water partition coefficient (Wildman–Crippen LogP) is 14.0. The van der Waals surface area contributed by atoms with E-state index in [1.165, 1.54) is 34.0 Å². The average molecular weight is 708 g/mol. The molecule has 0 spiro atoms. The van der Waals surface area contributed by atoms with E-state index in [-0.39, 0.29) is 5.56 Å². The lowest BCUT2D eigenvalue weighted by atomic mass is 9.91.